The maximum Gasteiger partial charge on any atom is 0.271 e. The van der Waals surface area contributed by atoms with E-state index in [1.165, 1.54) is 14.0 Å². The predicted octanol–water partition coefficient (Wildman–Crippen LogP) is 5.54. The number of aromatic nitrogens is 1. The van der Waals surface area contributed by atoms with Gasteiger partial charge in [-0.05, 0) is 42.3 Å². The molecule has 9 heteroatoms. The van der Waals surface area contributed by atoms with Gasteiger partial charge in [0.25, 0.3) is 5.56 Å². The Labute approximate surface area is 202 Å². The van der Waals surface area contributed by atoms with Gasteiger partial charge in [-0.15, -0.1) is 11.3 Å². The summed E-state index contributed by atoms with van der Waals surface area (Å²) >= 11 is 13.7. The van der Waals surface area contributed by atoms with Crippen molar-refractivity contribution in [1.29, 1.82) is 5.26 Å². The Morgan fingerprint density at radius 2 is 1.91 bits per heavy atom. The molecule has 0 saturated carbocycles. The van der Waals surface area contributed by atoms with E-state index >= 15 is 0 Å². The Balaban J connectivity index is 1.89. The summed E-state index contributed by atoms with van der Waals surface area (Å²) in [4.78, 5) is 26.6. The van der Waals surface area contributed by atoms with E-state index in [2.05, 4.69) is 0 Å². The number of ether oxygens (including phenoxy) is 1. The molecule has 0 spiro atoms. The number of fused-ring (bicyclic) bond motifs is 1. The lowest BCUT2D eigenvalue weighted by molar-refractivity contribution is 0.103. The quantitative estimate of drug-likeness (QED) is 0.364. The molecule has 0 fully saturated rings. The number of rotatable bonds is 5. The van der Waals surface area contributed by atoms with E-state index in [9.17, 15) is 20.0 Å². The van der Waals surface area contributed by atoms with Gasteiger partial charge in [0, 0.05) is 15.1 Å². The molecule has 2 aromatic heterocycles. The van der Waals surface area contributed by atoms with Gasteiger partial charge in [0.1, 0.15) is 17.4 Å². The third-order valence-electron chi connectivity index (χ3n) is 5.32. The molecular formula is C24H16Cl2N2O4S. The molecule has 0 bridgehead atoms. The van der Waals surface area contributed by atoms with Crippen molar-refractivity contribution in [1.82, 2.24) is 4.57 Å². The third kappa shape index (κ3) is 3.98. The van der Waals surface area contributed by atoms with Crippen LogP contribution in [-0.2, 0) is 6.54 Å². The minimum Gasteiger partial charge on any atom is -0.497 e. The zero-order valence-electron chi connectivity index (χ0n) is 17.5. The van der Waals surface area contributed by atoms with Crippen LogP contribution in [0.25, 0.3) is 10.1 Å². The molecule has 166 valence electrons. The van der Waals surface area contributed by atoms with Gasteiger partial charge < -0.3 is 9.84 Å². The van der Waals surface area contributed by atoms with E-state index < -0.39 is 17.2 Å². The summed E-state index contributed by atoms with van der Waals surface area (Å²) in [5.74, 6) is -0.469. The number of aromatic hydroxyl groups is 1. The zero-order chi connectivity index (χ0) is 23.9. The summed E-state index contributed by atoms with van der Waals surface area (Å²) in [5.41, 5.74) is -0.269. The number of pyridine rings is 1. The number of ketones is 1. The van der Waals surface area contributed by atoms with Crippen molar-refractivity contribution >= 4 is 50.4 Å². The molecule has 0 unspecified atom stereocenters. The molecule has 0 saturated heterocycles. The van der Waals surface area contributed by atoms with Crippen LogP contribution >= 0.6 is 34.5 Å². The molecule has 4 aromatic rings. The van der Waals surface area contributed by atoms with Crippen LogP contribution in [0.15, 0.2) is 47.3 Å². The second-order valence-corrected chi connectivity index (χ2v) is 9.13. The first-order chi connectivity index (χ1) is 15.8. The maximum absolute atomic E-state index is 13.5. The van der Waals surface area contributed by atoms with Gasteiger partial charge in [-0.25, -0.2) is 0 Å². The van der Waals surface area contributed by atoms with E-state index in [1.807, 2.05) is 6.07 Å². The van der Waals surface area contributed by atoms with Gasteiger partial charge in [0.05, 0.1) is 29.1 Å². The molecule has 1 N–H and O–H groups in total. The standard InChI is InChI=1S/C24H16Cl2N2O4S/c1-12-17(10-27)23(30)28(11-13-3-6-15(32-2)7-4-13)24(31)19(12)21(29)22-20(26)16-8-5-14(25)9-18(16)33-22/h3-9,31H,11H2,1-2H3. The van der Waals surface area contributed by atoms with Crippen molar-refractivity contribution in [3.05, 3.63) is 90.0 Å². The summed E-state index contributed by atoms with van der Waals surface area (Å²) < 4.78 is 6.86. The van der Waals surface area contributed by atoms with E-state index in [0.29, 0.717) is 26.4 Å². The van der Waals surface area contributed by atoms with Crippen LogP contribution in [0.3, 0.4) is 0 Å². The fraction of sp³-hybridized carbons (Fsp3) is 0.125. The molecule has 33 heavy (non-hydrogen) atoms. The van der Waals surface area contributed by atoms with Crippen LogP contribution in [0.1, 0.15) is 31.9 Å². The van der Waals surface area contributed by atoms with E-state index in [1.54, 1.807) is 42.5 Å². The average molecular weight is 499 g/mol. The van der Waals surface area contributed by atoms with Crippen molar-refractivity contribution < 1.29 is 14.6 Å². The average Bonchev–Trinajstić information content (AvgIpc) is 3.12. The molecule has 0 radical (unpaired) electrons. The number of nitrogens with zero attached hydrogens (tertiary/aromatic N) is 2. The van der Waals surface area contributed by atoms with Gasteiger partial charge >= 0.3 is 0 Å². The molecule has 4 rings (SSSR count). The molecule has 0 aliphatic rings. The number of hydrogen-bond donors (Lipinski definition) is 1. The number of benzene rings is 2. The first-order valence-corrected chi connectivity index (χ1v) is 11.3. The van der Waals surface area contributed by atoms with Gasteiger partial charge in [0.2, 0.25) is 11.7 Å². The Kier molecular flexibility index (Phi) is 6.17. The number of carbonyl (C=O) groups is 1. The molecule has 0 amide bonds. The lowest BCUT2D eigenvalue weighted by atomic mass is 10.0. The fourth-order valence-electron chi connectivity index (χ4n) is 3.58. The van der Waals surface area contributed by atoms with Crippen molar-refractivity contribution in [2.45, 2.75) is 13.5 Å². The van der Waals surface area contributed by atoms with E-state index in [-0.39, 0.29) is 33.1 Å². The number of halogens is 2. The lowest BCUT2D eigenvalue weighted by Crippen LogP contribution is -2.27. The zero-order valence-corrected chi connectivity index (χ0v) is 19.8. The van der Waals surface area contributed by atoms with E-state index in [4.69, 9.17) is 27.9 Å². The normalized spacial score (nSPS) is 10.9. The summed E-state index contributed by atoms with van der Waals surface area (Å²) in [7, 11) is 1.54. The number of thiophene rings is 1. The highest BCUT2D eigenvalue weighted by molar-refractivity contribution is 7.21. The number of hydrogen-bond acceptors (Lipinski definition) is 6. The fourth-order valence-corrected chi connectivity index (χ4v) is 5.32. The Morgan fingerprint density at radius 1 is 1.21 bits per heavy atom. The molecular weight excluding hydrogens is 483 g/mol. The number of methoxy groups -OCH3 is 1. The highest BCUT2D eigenvalue weighted by atomic mass is 35.5. The molecule has 2 aromatic carbocycles. The van der Waals surface area contributed by atoms with E-state index in [0.717, 1.165) is 15.9 Å². The number of carbonyl (C=O) groups excluding carboxylic acids is 1. The summed E-state index contributed by atoms with van der Waals surface area (Å²) in [5, 5.41) is 22.0. The largest absolute Gasteiger partial charge is 0.497 e. The second-order valence-electron chi connectivity index (χ2n) is 7.26. The molecule has 0 aliphatic heterocycles. The highest BCUT2D eigenvalue weighted by Crippen LogP contribution is 2.39. The predicted molar refractivity (Wildman–Crippen MR) is 129 cm³/mol. The van der Waals surface area contributed by atoms with Crippen LogP contribution in [0.5, 0.6) is 11.6 Å². The maximum atomic E-state index is 13.5. The minimum absolute atomic E-state index is 0.0420. The van der Waals surface area contributed by atoms with Crippen LogP contribution < -0.4 is 10.3 Å². The van der Waals surface area contributed by atoms with Crippen molar-refractivity contribution in [2.75, 3.05) is 7.11 Å². The second kappa shape index (κ2) is 8.91. The molecule has 2 heterocycles. The van der Waals surface area contributed by atoms with Gasteiger partial charge in [0.15, 0.2) is 0 Å². The van der Waals surface area contributed by atoms with Crippen LogP contribution in [0, 0.1) is 18.3 Å². The first-order valence-electron chi connectivity index (χ1n) is 9.68. The van der Waals surface area contributed by atoms with Crippen molar-refractivity contribution in [3.63, 3.8) is 0 Å². The molecule has 0 atom stereocenters. The van der Waals surface area contributed by atoms with Crippen LogP contribution in [0.4, 0.5) is 0 Å². The Hall–Kier alpha value is -3.31. The van der Waals surface area contributed by atoms with Crippen LogP contribution in [0.2, 0.25) is 10.0 Å². The van der Waals surface area contributed by atoms with Gasteiger partial charge in [-0.3, -0.25) is 14.2 Å². The topological polar surface area (TPSA) is 92.3 Å². The third-order valence-corrected chi connectivity index (χ3v) is 7.22. The minimum atomic E-state index is -0.686. The summed E-state index contributed by atoms with van der Waals surface area (Å²) in [6.45, 7) is 1.42. The van der Waals surface area contributed by atoms with Crippen LogP contribution in [-0.4, -0.2) is 22.6 Å². The Morgan fingerprint density at radius 3 is 2.55 bits per heavy atom. The summed E-state index contributed by atoms with van der Waals surface area (Å²) in [6, 6.07) is 13.8. The monoisotopic (exact) mass is 498 g/mol. The first kappa shape index (κ1) is 22.9. The van der Waals surface area contributed by atoms with Crippen molar-refractivity contribution in [3.8, 4) is 17.7 Å². The van der Waals surface area contributed by atoms with Gasteiger partial charge in [-0.2, -0.15) is 5.26 Å². The Bertz CT molecular complexity index is 1520. The molecule has 0 aliphatic carbocycles. The van der Waals surface area contributed by atoms with Gasteiger partial charge in [-0.1, -0.05) is 41.4 Å². The summed E-state index contributed by atoms with van der Waals surface area (Å²) in [6.07, 6.45) is 0. The smallest absolute Gasteiger partial charge is 0.271 e. The molecule has 6 nitrogen and oxygen atoms in total. The number of nitriles is 1. The SMILES string of the molecule is COc1ccc(Cn2c(O)c(C(=O)c3sc4cc(Cl)ccc4c3Cl)c(C)c(C#N)c2=O)cc1. The highest BCUT2D eigenvalue weighted by Gasteiger charge is 2.28. The van der Waals surface area contributed by atoms with Crippen molar-refractivity contribution in [2.24, 2.45) is 0 Å². The lowest BCUT2D eigenvalue weighted by Gasteiger charge is -2.15.